The second-order valence-corrected chi connectivity index (χ2v) is 11.4. The van der Waals surface area contributed by atoms with E-state index in [1.54, 1.807) is 11.5 Å². The molecule has 1 aromatic carbocycles. The summed E-state index contributed by atoms with van der Waals surface area (Å²) in [5.41, 5.74) is 2.79. The summed E-state index contributed by atoms with van der Waals surface area (Å²) in [6.07, 6.45) is 10.6. The quantitative estimate of drug-likeness (QED) is 0.305. The van der Waals surface area contributed by atoms with Crippen molar-refractivity contribution in [3.8, 4) is 0 Å². The fraction of sp³-hybridized carbons (Fsp3) is 0.567. The van der Waals surface area contributed by atoms with Crippen LogP contribution in [0.2, 0.25) is 0 Å². The Balaban J connectivity index is 1.63. The number of nitrogens with one attached hydrogen (secondary N) is 2. The third kappa shape index (κ3) is 9.10. The summed E-state index contributed by atoms with van der Waals surface area (Å²) in [6.45, 7) is 8.43. The van der Waals surface area contributed by atoms with Crippen LogP contribution in [0.5, 0.6) is 0 Å². The highest BCUT2D eigenvalue weighted by Gasteiger charge is 2.49. The van der Waals surface area contributed by atoms with Crippen molar-refractivity contribution in [1.29, 1.82) is 5.41 Å². The molecule has 0 bridgehead atoms. The molecule has 1 amide bonds. The minimum atomic E-state index is -0.883. The molecule has 2 atom stereocenters. The van der Waals surface area contributed by atoms with Gasteiger partial charge in [-0.25, -0.2) is 9.59 Å². The molecule has 0 aliphatic heterocycles. The first kappa shape index (κ1) is 29.6. The molecule has 0 radical (unpaired) electrons. The van der Waals surface area contributed by atoms with Gasteiger partial charge in [-0.15, -0.1) is 0 Å². The van der Waals surface area contributed by atoms with Gasteiger partial charge in [0.1, 0.15) is 5.60 Å². The van der Waals surface area contributed by atoms with Gasteiger partial charge in [0.2, 0.25) is 0 Å². The van der Waals surface area contributed by atoms with Crippen LogP contribution >= 0.6 is 0 Å². The molecule has 0 spiro atoms. The summed E-state index contributed by atoms with van der Waals surface area (Å²) in [4.78, 5) is 26.2. The number of carboxylic acid groups (broad SMARTS) is 1. The van der Waals surface area contributed by atoms with Gasteiger partial charge < -0.3 is 30.8 Å². The van der Waals surface area contributed by atoms with E-state index in [0.717, 1.165) is 44.1 Å². The van der Waals surface area contributed by atoms with Crippen LogP contribution in [0.25, 0.3) is 6.08 Å². The number of aliphatic carboxylic acids is 1. The van der Waals surface area contributed by atoms with Crippen molar-refractivity contribution in [2.24, 2.45) is 5.92 Å². The van der Waals surface area contributed by atoms with Gasteiger partial charge in [0.05, 0.1) is 6.20 Å². The molecule has 0 unspecified atom stereocenters. The van der Waals surface area contributed by atoms with Gasteiger partial charge in [-0.05, 0) is 64.9 Å². The van der Waals surface area contributed by atoms with Crippen LogP contribution in [0.15, 0.2) is 47.7 Å². The fourth-order valence-electron chi connectivity index (χ4n) is 5.28. The highest BCUT2D eigenvalue weighted by Crippen LogP contribution is 2.46. The van der Waals surface area contributed by atoms with Crippen LogP contribution in [0.3, 0.4) is 0 Å². The summed E-state index contributed by atoms with van der Waals surface area (Å²) in [5.74, 6) is -0.517. The third-order valence-electron chi connectivity index (χ3n) is 7.25. The van der Waals surface area contributed by atoms with Crippen molar-refractivity contribution in [2.75, 3.05) is 13.1 Å². The number of benzene rings is 1. The molecule has 5 N–H and O–H groups in total. The number of nitrogens with two attached hydrogens (primary N) is 1. The Morgan fingerprint density at radius 1 is 1.18 bits per heavy atom. The Hall–Kier alpha value is -2.97. The van der Waals surface area contributed by atoms with E-state index in [-0.39, 0.29) is 24.7 Å². The molecular weight excluding hydrogens is 480 g/mol. The average molecular weight is 526 g/mol. The first-order valence-electron chi connectivity index (χ1n) is 13.9. The third-order valence-corrected chi connectivity index (χ3v) is 7.25. The van der Waals surface area contributed by atoms with Gasteiger partial charge in [-0.2, -0.15) is 0 Å². The summed E-state index contributed by atoms with van der Waals surface area (Å²) >= 11 is 0. The van der Waals surface area contributed by atoms with Crippen molar-refractivity contribution in [1.82, 2.24) is 10.2 Å². The molecule has 8 nitrogen and oxygen atoms in total. The standard InChI is InChI=1S/C30H44N4O4/c1-5-23(15-21-9-7-6-8-10-21)26-16-27(26)34(29(37)38-30(2,3)4)25-13-11-24(12-14-25)33-19-22(17-31)18-32-20-28(35)36/h6-10,15,17-18,24-27,31-33H,5,11-14,16,19-20H2,1-4H3,(H,35,36)/p+1/b22-18+,23-15+,31-17?/t24?,25?,26-,27+/m0/s1. The highest BCUT2D eigenvalue weighted by molar-refractivity contribution is 5.75. The van der Waals surface area contributed by atoms with Crippen molar-refractivity contribution >= 4 is 24.4 Å². The molecule has 0 aromatic heterocycles. The fourth-order valence-corrected chi connectivity index (χ4v) is 5.28. The monoisotopic (exact) mass is 525 g/mol. The number of ether oxygens (including phenoxy) is 1. The number of hydrogen-bond acceptors (Lipinski definition) is 5. The number of hydrogen-bond donors (Lipinski definition) is 4. The lowest BCUT2D eigenvalue weighted by Crippen LogP contribution is -2.80. The Bertz CT molecular complexity index is 1010. The number of quaternary nitrogens is 1. The van der Waals surface area contributed by atoms with Gasteiger partial charge in [-0.1, -0.05) is 48.9 Å². The molecule has 2 fully saturated rings. The molecular formula is C30H45N4O4+. The highest BCUT2D eigenvalue weighted by atomic mass is 16.6. The maximum Gasteiger partial charge on any atom is 0.410 e. The lowest BCUT2D eigenvalue weighted by molar-refractivity contribution is -0.578. The molecule has 2 aliphatic rings. The normalized spacial score (nSPS) is 24.0. The van der Waals surface area contributed by atoms with Crippen LogP contribution in [-0.2, 0) is 9.53 Å². The summed E-state index contributed by atoms with van der Waals surface area (Å²) < 4.78 is 5.88. The van der Waals surface area contributed by atoms with E-state index in [0.29, 0.717) is 18.5 Å². The zero-order chi connectivity index (χ0) is 27.7. The Labute approximate surface area is 227 Å². The predicted octanol–water partition coefficient (Wildman–Crippen LogP) is 4.19. The van der Waals surface area contributed by atoms with Crippen molar-refractivity contribution < 1.29 is 24.7 Å². The molecule has 1 aromatic rings. The van der Waals surface area contributed by atoms with Crippen LogP contribution < -0.4 is 10.6 Å². The number of carbonyl (C=O) groups excluding carboxylic acids is 1. The van der Waals surface area contributed by atoms with Gasteiger partial charge in [0, 0.05) is 42.4 Å². The smallest absolute Gasteiger partial charge is 0.410 e. The lowest BCUT2D eigenvalue weighted by atomic mass is 9.89. The van der Waals surface area contributed by atoms with Crippen molar-refractivity contribution in [3.05, 3.63) is 53.2 Å². The van der Waals surface area contributed by atoms with Gasteiger partial charge in [0.15, 0.2) is 6.54 Å². The van der Waals surface area contributed by atoms with E-state index < -0.39 is 11.6 Å². The minimum Gasteiger partial charge on any atom is -0.477 e. The molecule has 8 heteroatoms. The van der Waals surface area contributed by atoms with E-state index in [4.69, 9.17) is 15.3 Å². The summed E-state index contributed by atoms with van der Waals surface area (Å²) in [6, 6.07) is 11.0. The minimum absolute atomic E-state index is 0.0502. The number of rotatable bonds is 12. The second kappa shape index (κ2) is 13.7. The van der Waals surface area contributed by atoms with E-state index in [1.807, 2.05) is 31.7 Å². The first-order chi connectivity index (χ1) is 18.1. The maximum absolute atomic E-state index is 13.4. The van der Waals surface area contributed by atoms with Crippen LogP contribution in [-0.4, -0.2) is 65.1 Å². The second-order valence-electron chi connectivity index (χ2n) is 11.4. The Morgan fingerprint density at radius 3 is 2.45 bits per heavy atom. The molecule has 2 saturated carbocycles. The SMILES string of the molecule is CC/C(=C\c1ccccc1)[C@@H]1C[C@H]1N(C(=O)OC(C)(C)C)C1CCC(NC/C(C=N)=C/[NH2+]CC(=O)O)CC1. The molecule has 38 heavy (non-hydrogen) atoms. The van der Waals surface area contributed by atoms with Gasteiger partial charge in [0.25, 0.3) is 0 Å². The average Bonchev–Trinajstić information content (AvgIpc) is 3.65. The van der Waals surface area contributed by atoms with E-state index >= 15 is 0 Å². The number of carbonyl (C=O) groups is 2. The topological polar surface area (TPSA) is 119 Å². The van der Waals surface area contributed by atoms with Crippen LogP contribution in [0.1, 0.15) is 71.8 Å². The first-order valence-corrected chi connectivity index (χ1v) is 13.9. The predicted molar refractivity (Wildman–Crippen MR) is 150 cm³/mol. The number of amides is 1. The van der Waals surface area contributed by atoms with E-state index in [1.165, 1.54) is 17.4 Å². The maximum atomic E-state index is 13.4. The van der Waals surface area contributed by atoms with Crippen molar-refractivity contribution in [3.63, 3.8) is 0 Å². The Morgan fingerprint density at radius 2 is 1.87 bits per heavy atom. The molecule has 0 saturated heterocycles. The van der Waals surface area contributed by atoms with Gasteiger partial charge >= 0.3 is 12.1 Å². The number of carboxylic acids is 1. The zero-order valence-electron chi connectivity index (χ0n) is 23.3. The zero-order valence-corrected chi connectivity index (χ0v) is 23.3. The Kier molecular flexibility index (Phi) is 10.7. The molecule has 2 aliphatic carbocycles. The van der Waals surface area contributed by atoms with Crippen molar-refractivity contribution in [2.45, 2.75) is 89.9 Å². The molecule has 0 heterocycles. The lowest BCUT2D eigenvalue weighted by Gasteiger charge is -2.38. The largest absolute Gasteiger partial charge is 0.477 e. The summed E-state index contributed by atoms with van der Waals surface area (Å²) in [7, 11) is 0. The van der Waals surface area contributed by atoms with Crippen LogP contribution in [0, 0.1) is 11.3 Å². The van der Waals surface area contributed by atoms with Crippen LogP contribution in [0.4, 0.5) is 4.79 Å². The van der Waals surface area contributed by atoms with Gasteiger partial charge in [-0.3, -0.25) is 0 Å². The van der Waals surface area contributed by atoms with E-state index in [2.05, 4.69) is 42.6 Å². The van der Waals surface area contributed by atoms with E-state index in [9.17, 15) is 9.59 Å². The number of nitrogens with zero attached hydrogens (tertiary/aromatic N) is 1. The summed E-state index contributed by atoms with van der Waals surface area (Å²) in [5, 5.41) is 21.5. The molecule has 3 rings (SSSR count). The molecule has 208 valence electrons.